The molecule has 1 fully saturated rings. The van der Waals surface area contributed by atoms with Crippen LogP contribution in [0.25, 0.3) is 0 Å². The molecule has 1 aromatic carbocycles. The van der Waals surface area contributed by atoms with E-state index in [0.29, 0.717) is 0 Å². The highest BCUT2D eigenvalue weighted by Crippen LogP contribution is 2.34. The number of rotatable bonds is 6. The second-order valence-electron chi connectivity index (χ2n) is 6.13. The summed E-state index contributed by atoms with van der Waals surface area (Å²) in [5.74, 6) is 2.40. The Kier molecular flexibility index (Phi) is 5.92. The summed E-state index contributed by atoms with van der Waals surface area (Å²) in [6.45, 7) is 4.39. The van der Waals surface area contributed by atoms with Crippen molar-refractivity contribution in [2.45, 2.75) is 64.5 Å². The summed E-state index contributed by atoms with van der Waals surface area (Å²) in [4.78, 5) is 0. The minimum atomic E-state index is 0.108. The molecule has 0 aliphatic heterocycles. The van der Waals surface area contributed by atoms with E-state index >= 15 is 0 Å². The number of methoxy groups -OCH3 is 1. The molecule has 0 radical (unpaired) electrons. The lowest BCUT2D eigenvalue weighted by Crippen LogP contribution is -2.43. The Morgan fingerprint density at radius 1 is 1.19 bits per heavy atom. The minimum Gasteiger partial charge on any atom is -0.493 e. The molecular weight excluding hydrogens is 262 g/mol. The lowest BCUT2D eigenvalue weighted by Gasteiger charge is -2.34. The van der Waals surface area contributed by atoms with Gasteiger partial charge in [-0.05, 0) is 49.3 Å². The van der Waals surface area contributed by atoms with Crippen LogP contribution in [0.15, 0.2) is 18.2 Å². The number of ether oxygens (including phenoxy) is 2. The topological polar surface area (TPSA) is 44.5 Å². The zero-order valence-corrected chi connectivity index (χ0v) is 13.6. The van der Waals surface area contributed by atoms with Crippen molar-refractivity contribution in [2.75, 3.05) is 7.11 Å². The third-order valence-electron chi connectivity index (χ3n) is 4.56. The van der Waals surface area contributed by atoms with Gasteiger partial charge in [-0.1, -0.05) is 32.8 Å². The van der Waals surface area contributed by atoms with Crippen LogP contribution in [0.2, 0.25) is 0 Å². The molecule has 3 heteroatoms. The Morgan fingerprint density at radius 3 is 2.67 bits per heavy atom. The maximum absolute atomic E-state index is 6.27. The molecule has 21 heavy (non-hydrogen) atoms. The predicted molar refractivity (Wildman–Crippen MR) is 87.0 cm³/mol. The fourth-order valence-corrected chi connectivity index (χ4v) is 3.23. The Balaban J connectivity index is 2.08. The molecular formula is C18H29NO2. The Labute approximate surface area is 128 Å². The van der Waals surface area contributed by atoms with E-state index in [2.05, 4.69) is 26.0 Å². The van der Waals surface area contributed by atoms with Gasteiger partial charge < -0.3 is 15.2 Å². The molecule has 1 aliphatic carbocycles. The lowest BCUT2D eigenvalue weighted by atomic mass is 9.82. The fraction of sp³-hybridized carbons (Fsp3) is 0.667. The van der Waals surface area contributed by atoms with E-state index in [4.69, 9.17) is 15.2 Å². The quantitative estimate of drug-likeness (QED) is 0.863. The molecule has 0 heterocycles. The number of aryl methyl sites for hydroxylation is 1. The third-order valence-corrected chi connectivity index (χ3v) is 4.56. The smallest absolute Gasteiger partial charge is 0.161 e. The highest BCUT2D eigenvalue weighted by atomic mass is 16.5. The summed E-state index contributed by atoms with van der Waals surface area (Å²) in [6.07, 6.45) is 6.98. The molecule has 0 aromatic heterocycles. The molecule has 0 saturated heterocycles. The molecule has 2 N–H and O–H groups in total. The van der Waals surface area contributed by atoms with Crippen molar-refractivity contribution in [3.8, 4) is 11.5 Å². The molecule has 0 spiro atoms. The summed E-state index contributed by atoms with van der Waals surface area (Å²) >= 11 is 0. The van der Waals surface area contributed by atoms with Crippen LogP contribution in [0, 0.1) is 5.92 Å². The first-order chi connectivity index (χ1) is 10.2. The first kappa shape index (κ1) is 16.2. The van der Waals surface area contributed by atoms with E-state index in [1.807, 2.05) is 6.07 Å². The number of benzene rings is 1. The number of nitrogens with two attached hydrogens (primary N) is 1. The molecule has 1 saturated carbocycles. The monoisotopic (exact) mass is 291 g/mol. The van der Waals surface area contributed by atoms with Crippen LogP contribution in [0.4, 0.5) is 0 Å². The van der Waals surface area contributed by atoms with Crippen LogP contribution in [0.3, 0.4) is 0 Å². The Hall–Kier alpha value is -1.22. The van der Waals surface area contributed by atoms with Gasteiger partial charge in [0, 0.05) is 6.04 Å². The van der Waals surface area contributed by atoms with E-state index in [1.54, 1.807) is 7.11 Å². The van der Waals surface area contributed by atoms with Crippen molar-refractivity contribution in [1.29, 1.82) is 0 Å². The lowest BCUT2D eigenvalue weighted by molar-refractivity contribution is 0.0962. The number of hydrogen-bond acceptors (Lipinski definition) is 3. The van der Waals surface area contributed by atoms with Crippen LogP contribution in [0.1, 0.15) is 51.5 Å². The summed E-state index contributed by atoms with van der Waals surface area (Å²) in [7, 11) is 1.70. The average Bonchev–Trinajstić information content (AvgIpc) is 2.51. The van der Waals surface area contributed by atoms with E-state index < -0.39 is 0 Å². The van der Waals surface area contributed by atoms with Crippen molar-refractivity contribution in [1.82, 2.24) is 0 Å². The summed E-state index contributed by atoms with van der Waals surface area (Å²) < 4.78 is 11.7. The zero-order valence-electron chi connectivity index (χ0n) is 13.6. The fourth-order valence-electron chi connectivity index (χ4n) is 3.23. The van der Waals surface area contributed by atoms with Crippen molar-refractivity contribution in [2.24, 2.45) is 11.7 Å². The molecule has 1 aliphatic rings. The van der Waals surface area contributed by atoms with Crippen LogP contribution in [-0.4, -0.2) is 19.3 Å². The van der Waals surface area contributed by atoms with Gasteiger partial charge in [-0.25, -0.2) is 0 Å². The maximum atomic E-state index is 6.27. The SMILES string of the molecule is CCCC1CCC(N)C(Oc2ccc(CC)cc2OC)C1. The van der Waals surface area contributed by atoms with Crippen molar-refractivity contribution >= 4 is 0 Å². The van der Waals surface area contributed by atoms with Crippen LogP contribution < -0.4 is 15.2 Å². The molecule has 3 atom stereocenters. The van der Waals surface area contributed by atoms with Gasteiger partial charge in [0.15, 0.2) is 11.5 Å². The molecule has 118 valence electrons. The molecule has 3 unspecified atom stereocenters. The summed E-state index contributed by atoms with van der Waals surface area (Å²) in [6, 6.07) is 6.32. The first-order valence-electron chi connectivity index (χ1n) is 8.27. The highest BCUT2D eigenvalue weighted by Gasteiger charge is 2.29. The Morgan fingerprint density at radius 2 is 2.00 bits per heavy atom. The molecule has 1 aromatic rings. The average molecular weight is 291 g/mol. The molecule has 0 bridgehead atoms. The zero-order chi connectivity index (χ0) is 15.2. The molecule has 0 amide bonds. The maximum Gasteiger partial charge on any atom is 0.161 e. The van der Waals surface area contributed by atoms with Gasteiger partial charge in [0.05, 0.1) is 7.11 Å². The predicted octanol–water partition coefficient (Wildman–Crippen LogP) is 3.93. The minimum absolute atomic E-state index is 0.108. The van der Waals surface area contributed by atoms with Gasteiger partial charge in [-0.2, -0.15) is 0 Å². The van der Waals surface area contributed by atoms with Gasteiger partial charge in [0.1, 0.15) is 6.10 Å². The van der Waals surface area contributed by atoms with Gasteiger partial charge in [0.2, 0.25) is 0 Å². The summed E-state index contributed by atoms with van der Waals surface area (Å²) in [5.41, 5.74) is 7.53. The van der Waals surface area contributed by atoms with Crippen molar-refractivity contribution in [3.63, 3.8) is 0 Å². The van der Waals surface area contributed by atoms with Gasteiger partial charge >= 0.3 is 0 Å². The van der Waals surface area contributed by atoms with Gasteiger partial charge in [0.25, 0.3) is 0 Å². The molecule has 3 nitrogen and oxygen atoms in total. The highest BCUT2D eigenvalue weighted by molar-refractivity contribution is 5.43. The van der Waals surface area contributed by atoms with Gasteiger partial charge in [-0.3, -0.25) is 0 Å². The third kappa shape index (κ3) is 4.13. The van der Waals surface area contributed by atoms with Crippen molar-refractivity contribution in [3.05, 3.63) is 23.8 Å². The molecule has 2 rings (SSSR count). The van der Waals surface area contributed by atoms with E-state index in [-0.39, 0.29) is 12.1 Å². The van der Waals surface area contributed by atoms with Crippen LogP contribution >= 0.6 is 0 Å². The van der Waals surface area contributed by atoms with Crippen molar-refractivity contribution < 1.29 is 9.47 Å². The normalized spacial score (nSPS) is 25.6. The largest absolute Gasteiger partial charge is 0.493 e. The Bertz CT molecular complexity index is 447. The van der Waals surface area contributed by atoms with Crippen LogP contribution in [0.5, 0.6) is 11.5 Å². The van der Waals surface area contributed by atoms with Gasteiger partial charge in [-0.15, -0.1) is 0 Å². The number of hydrogen-bond donors (Lipinski definition) is 1. The van der Waals surface area contributed by atoms with E-state index in [1.165, 1.54) is 24.8 Å². The standard InChI is InChI=1S/C18H29NO2/c1-4-6-14-7-9-15(19)17(12-14)21-16-10-8-13(5-2)11-18(16)20-3/h8,10-11,14-15,17H,4-7,9,12,19H2,1-3H3. The second kappa shape index (κ2) is 7.69. The van der Waals surface area contributed by atoms with E-state index in [9.17, 15) is 0 Å². The van der Waals surface area contributed by atoms with Crippen LogP contribution in [-0.2, 0) is 6.42 Å². The second-order valence-corrected chi connectivity index (χ2v) is 6.13. The van der Waals surface area contributed by atoms with E-state index in [0.717, 1.165) is 36.7 Å². The first-order valence-corrected chi connectivity index (χ1v) is 8.27. The summed E-state index contributed by atoms with van der Waals surface area (Å²) in [5, 5.41) is 0.